The van der Waals surface area contributed by atoms with E-state index in [9.17, 15) is 13.2 Å². The molecular weight excluding hydrogens is 332 g/mol. The molecule has 0 aliphatic rings. The second kappa shape index (κ2) is 6.50. The molecule has 0 saturated carbocycles. The Morgan fingerprint density at radius 2 is 1.92 bits per heavy atom. The summed E-state index contributed by atoms with van der Waals surface area (Å²) < 4.78 is 37.5. The number of sulfonamides is 1. The van der Waals surface area contributed by atoms with Crippen LogP contribution in [0.25, 0.3) is 11.1 Å². The van der Waals surface area contributed by atoms with Gasteiger partial charge in [0.25, 0.3) is 0 Å². The molecule has 0 aliphatic heterocycles. The Morgan fingerprint density at radius 1 is 1.17 bits per heavy atom. The van der Waals surface area contributed by atoms with E-state index in [0.29, 0.717) is 12.1 Å². The van der Waals surface area contributed by atoms with Crippen LogP contribution >= 0.6 is 0 Å². The average Bonchev–Trinajstić information content (AvgIpc) is 2.94. The quantitative estimate of drug-likeness (QED) is 0.709. The first kappa shape index (κ1) is 16.3. The van der Waals surface area contributed by atoms with Crippen LogP contribution in [0.5, 0.6) is 5.75 Å². The minimum Gasteiger partial charge on any atom is -0.494 e. The molecular formula is C16H16N2O5S. The molecule has 0 saturated heterocycles. The number of rotatable bonds is 6. The summed E-state index contributed by atoms with van der Waals surface area (Å²) >= 11 is 0. The number of hydrogen-bond donors (Lipinski definition) is 2. The summed E-state index contributed by atoms with van der Waals surface area (Å²) in [6.45, 7) is 2.61. The topological polar surface area (TPSA) is 101 Å². The number of aromatic amines is 1. The first-order valence-electron chi connectivity index (χ1n) is 7.32. The maximum absolute atomic E-state index is 12.4. The van der Waals surface area contributed by atoms with Gasteiger partial charge in [-0.15, -0.1) is 0 Å². The van der Waals surface area contributed by atoms with Crippen LogP contribution in [0.2, 0.25) is 0 Å². The predicted molar refractivity (Wildman–Crippen MR) is 88.5 cm³/mol. The van der Waals surface area contributed by atoms with Gasteiger partial charge in [0, 0.05) is 12.6 Å². The lowest BCUT2D eigenvalue weighted by Crippen LogP contribution is -2.23. The fraction of sp³-hybridized carbons (Fsp3) is 0.188. The molecule has 3 rings (SSSR count). The molecule has 0 atom stereocenters. The molecule has 126 valence electrons. The van der Waals surface area contributed by atoms with Crippen LogP contribution in [0.3, 0.4) is 0 Å². The molecule has 0 fully saturated rings. The number of fused-ring (bicyclic) bond motifs is 1. The lowest BCUT2D eigenvalue weighted by Gasteiger charge is -2.08. The van der Waals surface area contributed by atoms with E-state index in [1.165, 1.54) is 18.2 Å². The van der Waals surface area contributed by atoms with Crippen molar-refractivity contribution in [3.05, 3.63) is 58.6 Å². The third kappa shape index (κ3) is 3.50. The molecule has 0 spiro atoms. The van der Waals surface area contributed by atoms with Gasteiger partial charge in [-0.3, -0.25) is 4.98 Å². The Hall–Kier alpha value is -2.58. The highest BCUT2D eigenvalue weighted by Crippen LogP contribution is 2.17. The van der Waals surface area contributed by atoms with E-state index in [4.69, 9.17) is 9.15 Å². The highest BCUT2D eigenvalue weighted by atomic mass is 32.2. The van der Waals surface area contributed by atoms with Crippen LogP contribution < -0.4 is 15.2 Å². The van der Waals surface area contributed by atoms with Crippen molar-refractivity contribution in [2.75, 3.05) is 6.61 Å². The van der Waals surface area contributed by atoms with Crippen molar-refractivity contribution in [2.45, 2.75) is 18.4 Å². The summed E-state index contributed by atoms with van der Waals surface area (Å²) in [5.74, 6) is 0.110. The van der Waals surface area contributed by atoms with Gasteiger partial charge in [0.1, 0.15) is 5.75 Å². The normalized spacial score (nSPS) is 11.7. The van der Waals surface area contributed by atoms with Gasteiger partial charge < -0.3 is 9.15 Å². The summed E-state index contributed by atoms with van der Waals surface area (Å²) in [5, 5.41) is 0. The van der Waals surface area contributed by atoms with Gasteiger partial charge in [0.05, 0.1) is 17.0 Å². The smallest absolute Gasteiger partial charge is 0.417 e. The molecule has 3 aromatic rings. The minimum absolute atomic E-state index is 0.0312. The number of H-pyrrole nitrogens is 1. The monoisotopic (exact) mass is 348 g/mol. The van der Waals surface area contributed by atoms with Gasteiger partial charge in [-0.05, 0) is 36.8 Å². The van der Waals surface area contributed by atoms with Crippen LogP contribution in [-0.4, -0.2) is 20.0 Å². The van der Waals surface area contributed by atoms with Crippen LogP contribution in [0.4, 0.5) is 0 Å². The zero-order chi connectivity index (χ0) is 17.2. The summed E-state index contributed by atoms with van der Waals surface area (Å²) in [7, 11) is -3.72. The van der Waals surface area contributed by atoms with Crippen molar-refractivity contribution in [3.63, 3.8) is 0 Å². The number of aromatic nitrogens is 1. The van der Waals surface area contributed by atoms with Gasteiger partial charge >= 0.3 is 5.76 Å². The molecule has 8 heteroatoms. The third-order valence-corrected chi connectivity index (χ3v) is 4.80. The number of oxazole rings is 1. The predicted octanol–water partition coefficient (Wildman–Crippen LogP) is 2.00. The van der Waals surface area contributed by atoms with Crippen molar-refractivity contribution in [2.24, 2.45) is 0 Å². The van der Waals surface area contributed by atoms with Crippen LogP contribution in [-0.2, 0) is 16.6 Å². The van der Waals surface area contributed by atoms with E-state index in [0.717, 1.165) is 11.3 Å². The second-order valence-electron chi connectivity index (χ2n) is 5.07. The molecule has 2 N–H and O–H groups in total. The van der Waals surface area contributed by atoms with Crippen LogP contribution in [0, 0.1) is 0 Å². The number of nitrogens with one attached hydrogen (secondary N) is 2. The fourth-order valence-corrected chi connectivity index (χ4v) is 3.26. The van der Waals surface area contributed by atoms with Gasteiger partial charge in [0.2, 0.25) is 10.0 Å². The summed E-state index contributed by atoms with van der Waals surface area (Å²) in [5.41, 5.74) is 1.45. The number of ether oxygens (including phenoxy) is 1. The lowest BCUT2D eigenvalue weighted by atomic mass is 10.2. The molecule has 0 amide bonds. The van der Waals surface area contributed by atoms with E-state index in [1.54, 1.807) is 24.3 Å². The van der Waals surface area contributed by atoms with E-state index >= 15 is 0 Å². The van der Waals surface area contributed by atoms with Crippen molar-refractivity contribution in [3.8, 4) is 5.75 Å². The zero-order valence-corrected chi connectivity index (χ0v) is 13.7. The molecule has 1 heterocycles. The highest BCUT2D eigenvalue weighted by Gasteiger charge is 2.15. The fourth-order valence-electron chi connectivity index (χ4n) is 2.22. The Labute approximate surface area is 138 Å². The Balaban J connectivity index is 1.75. The molecule has 1 aromatic heterocycles. The van der Waals surface area contributed by atoms with Gasteiger partial charge in [0.15, 0.2) is 5.58 Å². The van der Waals surface area contributed by atoms with Gasteiger partial charge in [-0.1, -0.05) is 12.1 Å². The Kier molecular flexibility index (Phi) is 4.41. The third-order valence-electron chi connectivity index (χ3n) is 3.40. The van der Waals surface area contributed by atoms with E-state index in [1.807, 2.05) is 6.92 Å². The Morgan fingerprint density at radius 3 is 2.62 bits per heavy atom. The molecule has 24 heavy (non-hydrogen) atoms. The first-order valence-corrected chi connectivity index (χ1v) is 8.80. The summed E-state index contributed by atoms with van der Waals surface area (Å²) in [4.78, 5) is 13.6. The van der Waals surface area contributed by atoms with Crippen molar-refractivity contribution >= 4 is 21.1 Å². The van der Waals surface area contributed by atoms with Gasteiger partial charge in [-0.25, -0.2) is 17.9 Å². The van der Waals surface area contributed by atoms with Crippen molar-refractivity contribution in [1.29, 1.82) is 0 Å². The number of hydrogen-bond acceptors (Lipinski definition) is 5. The van der Waals surface area contributed by atoms with Crippen LogP contribution in [0.1, 0.15) is 12.5 Å². The maximum atomic E-state index is 12.4. The van der Waals surface area contributed by atoms with Gasteiger partial charge in [-0.2, -0.15) is 0 Å². The standard InChI is InChI=1S/C16H16N2O5S/c1-2-22-12-5-3-11(4-6-12)10-17-24(20,21)13-7-8-14-15(9-13)23-16(19)18-14/h3-9,17H,2,10H2,1H3,(H,18,19). The van der Waals surface area contributed by atoms with Crippen molar-refractivity contribution in [1.82, 2.24) is 9.71 Å². The average molecular weight is 348 g/mol. The van der Waals surface area contributed by atoms with E-state index < -0.39 is 15.8 Å². The summed E-state index contributed by atoms with van der Waals surface area (Å²) in [6, 6.07) is 11.4. The lowest BCUT2D eigenvalue weighted by molar-refractivity contribution is 0.340. The molecule has 7 nitrogen and oxygen atoms in total. The largest absolute Gasteiger partial charge is 0.494 e. The molecule has 0 radical (unpaired) electrons. The zero-order valence-electron chi connectivity index (χ0n) is 12.9. The molecule has 0 bridgehead atoms. The maximum Gasteiger partial charge on any atom is 0.417 e. The Bertz CT molecular complexity index is 1000. The number of benzene rings is 2. The highest BCUT2D eigenvalue weighted by molar-refractivity contribution is 7.89. The minimum atomic E-state index is -3.72. The molecule has 2 aromatic carbocycles. The molecule has 0 aliphatic carbocycles. The van der Waals surface area contributed by atoms with Crippen LogP contribution in [0.15, 0.2) is 56.6 Å². The SMILES string of the molecule is CCOc1ccc(CNS(=O)(=O)c2ccc3[nH]c(=O)oc3c2)cc1. The molecule has 0 unspecified atom stereocenters. The van der Waals surface area contributed by atoms with E-state index in [-0.39, 0.29) is 17.0 Å². The van der Waals surface area contributed by atoms with E-state index in [2.05, 4.69) is 9.71 Å². The second-order valence-corrected chi connectivity index (χ2v) is 6.84. The van der Waals surface area contributed by atoms with Crippen molar-refractivity contribution < 1.29 is 17.6 Å². The summed E-state index contributed by atoms with van der Waals surface area (Å²) in [6.07, 6.45) is 0. The first-order chi connectivity index (χ1) is 11.5.